The minimum absolute atomic E-state index is 0.0410. The van der Waals surface area contributed by atoms with Gasteiger partial charge in [-0.1, -0.05) is 13.3 Å². The summed E-state index contributed by atoms with van der Waals surface area (Å²) >= 11 is 0. The van der Waals surface area contributed by atoms with Crippen molar-refractivity contribution in [3.63, 3.8) is 0 Å². The fraction of sp³-hybridized carbons (Fsp3) is 0.867. The van der Waals surface area contributed by atoms with Crippen LogP contribution in [-0.4, -0.2) is 36.1 Å². The van der Waals surface area contributed by atoms with Crippen LogP contribution in [-0.2, 0) is 9.59 Å². The predicted molar refractivity (Wildman–Crippen MR) is 76.4 cm³/mol. The van der Waals surface area contributed by atoms with Crippen molar-refractivity contribution in [3.8, 4) is 0 Å². The third-order valence-corrected chi connectivity index (χ3v) is 4.80. The molecule has 2 fully saturated rings. The lowest BCUT2D eigenvalue weighted by Crippen LogP contribution is -2.52. The molecule has 5 heteroatoms. The summed E-state index contributed by atoms with van der Waals surface area (Å²) < 4.78 is 0. The van der Waals surface area contributed by atoms with Gasteiger partial charge in [-0.15, -0.1) is 0 Å². The number of piperidine rings is 1. The molecule has 0 aromatic heterocycles. The summed E-state index contributed by atoms with van der Waals surface area (Å²) in [6.07, 6.45) is 5.93. The monoisotopic (exact) mass is 282 g/mol. The van der Waals surface area contributed by atoms with E-state index >= 15 is 0 Å². The molecule has 1 heterocycles. The topological polar surface area (TPSA) is 78.4 Å². The zero-order valence-corrected chi connectivity index (χ0v) is 12.3. The normalized spacial score (nSPS) is 33.9. The van der Waals surface area contributed by atoms with E-state index in [4.69, 9.17) is 5.11 Å². The standard InChI is InChI=1S/C15H26N2O3/c1-2-6-15(7-3-8-16-10-15)14(20)17-12-5-4-11(9-12)13(18)19/h11-12,16H,2-10H2,1H3,(H,17,20)(H,18,19). The van der Waals surface area contributed by atoms with Crippen LogP contribution >= 0.6 is 0 Å². The molecule has 1 aliphatic carbocycles. The van der Waals surface area contributed by atoms with Crippen molar-refractivity contribution in [1.82, 2.24) is 10.6 Å². The van der Waals surface area contributed by atoms with Crippen LogP contribution in [0.15, 0.2) is 0 Å². The minimum atomic E-state index is -0.732. The third kappa shape index (κ3) is 3.32. The van der Waals surface area contributed by atoms with Crippen LogP contribution in [0.2, 0.25) is 0 Å². The minimum Gasteiger partial charge on any atom is -0.481 e. The first-order chi connectivity index (χ1) is 9.57. The van der Waals surface area contributed by atoms with E-state index in [1.807, 2.05) is 0 Å². The average molecular weight is 282 g/mol. The number of carboxylic acid groups (broad SMARTS) is 1. The van der Waals surface area contributed by atoms with E-state index in [0.717, 1.165) is 45.2 Å². The van der Waals surface area contributed by atoms with Crippen LogP contribution in [0.5, 0.6) is 0 Å². The number of aliphatic carboxylic acids is 1. The van der Waals surface area contributed by atoms with Crippen molar-refractivity contribution in [3.05, 3.63) is 0 Å². The summed E-state index contributed by atoms with van der Waals surface area (Å²) in [5.41, 5.74) is -0.283. The molecular weight excluding hydrogens is 256 g/mol. The maximum absolute atomic E-state index is 12.6. The smallest absolute Gasteiger partial charge is 0.306 e. The number of carbonyl (C=O) groups is 2. The molecule has 20 heavy (non-hydrogen) atoms. The van der Waals surface area contributed by atoms with Crippen LogP contribution in [0.3, 0.4) is 0 Å². The highest BCUT2D eigenvalue weighted by molar-refractivity contribution is 5.83. The van der Waals surface area contributed by atoms with Crippen molar-refractivity contribution in [2.75, 3.05) is 13.1 Å². The first-order valence-corrected chi connectivity index (χ1v) is 7.82. The Morgan fingerprint density at radius 1 is 1.40 bits per heavy atom. The molecule has 5 nitrogen and oxygen atoms in total. The van der Waals surface area contributed by atoms with Crippen molar-refractivity contribution in [2.45, 2.75) is 57.9 Å². The summed E-state index contributed by atoms with van der Waals surface area (Å²) in [7, 11) is 0. The fourth-order valence-electron chi connectivity index (χ4n) is 3.64. The molecule has 2 aliphatic rings. The lowest BCUT2D eigenvalue weighted by Gasteiger charge is -2.37. The molecule has 1 saturated heterocycles. The second-order valence-corrected chi connectivity index (χ2v) is 6.33. The summed E-state index contributed by atoms with van der Waals surface area (Å²) in [6, 6.07) is 0.0410. The number of hydrogen-bond donors (Lipinski definition) is 3. The van der Waals surface area contributed by atoms with Gasteiger partial charge in [-0.3, -0.25) is 9.59 Å². The Kier molecular flexibility index (Phi) is 5.02. The molecule has 0 aromatic rings. The Bertz CT molecular complexity index is 359. The van der Waals surface area contributed by atoms with Crippen molar-refractivity contribution >= 4 is 11.9 Å². The summed E-state index contributed by atoms with van der Waals surface area (Å²) in [6.45, 7) is 3.85. The molecule has 0 spiro atoms. The van der Waals surface area contributed by atoms with Crippen LogP contribution in [0.25, 0.3) is 0 Å². The molecule has 1 saturated carbocycles. The van der Waals surface area contributed by atoms with E-state index < -0.39 is 5.97 Å². The van der Waals surface area contributed by atoms with Gasteiger partial charge in [-0.05, 0) is 45.1 Å². The number of carbonyl (C=O) groups excluding carboxylic acids is 1. The van der Waals surface area contributed by atoms with Gasteiger partial charge < -0.3 is 15.7 Å². The highest BCUT2D eigenvalue weighted by atomic mass is 16.4. The number of amides is 1. The van der Waals surface area contributed by atoms with E-state index in [0.29, 0.717) is 12.8 Å². The molecule has 114 valence electrons. The van der Waals surface area contributed by atoms with Crippen LogP contribution < -0.4 is 10.6 Å². The van der Waals surface area contributed by atoms with E-state index in [1.54, 1.807) is 0 Å². The van der Waals surface area contributed by atoms with E-state index in [1.165, 1.54) is 0 Å². The van der Waals surface area contributed by atoms with Crippen LogP contribution in [0, 0.1) is 11.3 Å². The van der Waals surface area contributed by atoms with Crippen molar-refractivity contribution in [1.29, 1.82) is 0 Å². The summed E-state index contributed by atoms with van der Waals surface area (Å²) in [4.78, 5) is 23.6. The van der Waals surface area contributed by atoms with Gasteiger partial charge in [0.25, 0.3) is 0 Å². The Balaban J connectivity index is 1.94. The van der Waals surface area contributed by atoms with Gasteiger partial charge in [0.15, 0.2) is 0 Å². The highest BCUT2D eigenvalue weighted by Gasteiger charge is 2.40. The second kappa shape index (κ2) is 6.57. The van der Waals surface area contributed by atoms with Gasteiger partial charge >= 0.3 is 5.97 Å². The van der Waals surface area contributed by atoms with E-state index in [-0.39, 0.29) is 23.3 Å². The van der Waals surface area contributed by atoms with E-state index in [2.05, 4.69) is 17.6 Å². The number of carboxylic acids is 1. The Labute approximate surface area is 120 Å². The van der Waals surface area contributed by atoms with Gasteiger partial charge in [0.1, 0.15) is 0 Å². The summed E-state index contributed by atoms with van der Waals surface area (Å²) in [5.74, 6) is -0.890. The Hall–Kier alpha value is -1.10. The zero-order valence-electron chi connectivity index (χ0n) is 12.3. The molecule has 0 aromatic carbocycles. The van der Waals surface area contributed by atoms with Crippen molar-refractivity contribution in [2.24, 2.45) is 11.3 Å². The van der Waals surface area contributed by atoms with Gasteiger partial charge in [0.2, 0.25) is 5.91 Å². The highest BCUT2D eigenvalue weighted by Crippen LogP contribution is 2.33. The first kappa shape index (κ1) is 15.3. The molecule has 3 N–H and O–H groups in total. The third-order valence-electron chi connectivity index (χ3n) is 4.80. The van der Waals surface area contributed by atoms with Gasteiger partial charge in [-0.25, -0.2) is 0 Å². The molecule has 0 bridgehead atoms. The van der Waals surface area contributed by atoms with Gasteiger partial charge in [-0.2, -0.15) is 0 Å². The molecule has 3 atom stereocenters. The zero-order chi connectivity index (χ0) is 14.6. The number of rotatable bonds is 5. The SMILES string of the molecule is CCCC1(C(=O)NC2CCC(C(=O)O)C2)CCCNC1. The van der Waals surface area contributed by atoms with Gasteiger partial charge in [0, 0.05) is 12.6 Å². The van der Waals surface area contributed by atoms with Crippen LogP contribution in [0.4, 0.5) is 0 Å². The summed E-state index contributed by atoms with van der Waals surface area (Å²) in [5, 5.41) is 15.5. The van der Waals surface area contributed by atoms with Crippen LogP contribution in [0.1, 0.15) is 51.9 Å². The second-order valence-electron chi connectivity index (χ2n) is 6.33. The first-order valence-electron chi connectivity index (χ1n) is 7.82. The average Bonchev–Trinajstić information content (AvgIpc) is 2.89. The lowest BCUT2D eigenvalue weighted by atomic mass is 9.76. The number of hydrogen-bond acceptors (Lipinski definition) is 3. The maximum Gasteiger partial charge on any atom is 0.306 e. The molecular formula is C15H26N2O3. The lowest BCUT2D eigenvalue weighted by molar-refractivity contribution is -0.141. The molecule has 2 rings (SSSR count). The Morgan fingerprint density at radius 3 is 2.75 bits per heavy atom. The molecule has 0 radical (unpaired) electrons. The van der Waals surface area contributed by atoms with E-state index in [9.17, 15) is 9.59 Å². The largest absolute Gasteiger partial charge is 0.481 e. The molecule has 1 amide bonds. The maximum atomic E-state index is 12.6. The predicted octanol–water partition coefficient (Wildman–Crippen LogP) is 1.53. The Morgan fingerprint density at radius 2 is 2.20 bits per heavy atom. The number of nitrogens with one attached hydrogen (secondary N) is 2. The van der Waals surface area contributed by atoms with Gasteiger partial charge in [0.05, 0.1) is 11.3 Å². The quantitative estimate of drug-likeness (QED) is 0.714. The molecule has 1 aliphatic heterocycles. The van der Waals surface area contributed by atoms with Crippen molar-refractivity contribution < 1.29 is 14.7 Å². The fourth-order valence-corrected chi connectivity index (χ4v) is 3.64. The molecule has 3 unspecified atom stereocenters.